The third-order valence-corrected chi connectivity index (χ3v) is 7.68. The molecule has 0 unspecified atom stereocenters. The molecule has 218 valence electrons. The van der Waals surface area contributed by atoms with Crippen LogP contribution < -0.4 is 19.7 Å². The van der Waals surface area contributed by atoms with Gasteiger partial charge in [0.15, 0.2) is 0 Å². The molecule has 5 rings (SSSR count). The molecule has 0 spiro atoms. The second-order valence-corrected chi connectivity index (χ2v) is 11.3. The SMILES string of the molecule is O=C1NC(=O)N(c2ccc(OCc3ccc(Cl)cc3Cl)cc2)C(=O)/C1=C/c1cc(Cl)ccc1OCc1ccc(Cl)cc1Cl. The Balaban J connectivity index is 1.36. The normalized spacial score (nSPS) is 14.2. The molecule has 0 atom stereocenters. The van der Waals surface area contributed by atoms with Gasteiger partial charge in [0.05, 0.1) is 5.69 Å². The Hall–Kier alpha value is -3.72. The van der Waals surface area contributed by atoms with Crippen molar-refractivity contribution in [2.24, 2.45) is 0 Å². The van der Waals surface area contributed by atoms with Crippen molar-refractivity contribution in [2.75, 3.05) is 4.90 Å². The molecule has 1 aliphatic heterocycles. The molecule has 0 saturated carbocycles. The van der Waals surface area contributed by atoms with E-state index in [1.165, 1.54) is 24.3 Å². The van der Waals surface area contributed by atoms with Crippen LogP contribution in [0.3, 0.4) is 0 Å². The zero-order chi connectivity index (χ0) is 30.7. The molecule has 43 heavy (non-hydrogen) atoms. The van der Waals surface area contributed by atoms with Crippen molar-refractivity contribution in [3.05, 3.63) is 126 Å². The molecule has 0 radical (unpaired) electrons. The van der Waals surface area contributed by atoms with E-state index in [0.29, 0.717) is 47.7 Å². The van der Waals surface area contributed by atoms with Gasteiger partial charge in [-0.3, -0.25) is 14.9 Å². The fraction of sp³-hybridized carbons (Fsp3) is 0.0645. The van der Waals surface area contributed by atoms with Crippen LogP contribution in [-0.2, 0) is 22.8 Å². The molecule has 1 saturated heterocycles. The molecule has 4 aromatic rings. The van der Waals surface area contributed by atoms with Crippen LogP contribution in [0, 0.1) is 0 Å². The lowest BCUT2D eigenvalue weighted by molar-refractivity contribution is -0.122. The Kier molecular flexibility index (Phi) is 9.49. The predicted molar refractivity (Wildman–Crippen MR) is 168 cm³/mol. The van der Waals surface area contributed by atoms with Gasteiger partial charge in [-0.2, -0.15) is 0 Å². The first kappa shape index (κ1) is 30.7. The Bertz CT molecular complexity index is 1780. The number of amides is 4. The maximum absolute atomic E-state index is 13.5. The molecule has 12 heteroatoms. The largest absolute Gasteiger partial charge is 0.489 e. The van der Waals surface area contributed by atoms with Crippen LogP contribution in [0.15, 0.2) is 84.4 Å². The number of barbiturate groups is 1. The highest BCUT2D eigenvalue weighted by Crippen LogP contribution is 2.31. The molecule has 0 aliphatic carbocycles. The number of urea groups is 1. The third-order valence-electron chi connectivity index (χ3n) is 6.28. The molecule has 1 heterocycles. The first-order chi connectivity index (χ1) is 20.6. The van der Waals surface area contributed by atoms with Gasteiger partial charge in [-0.1, -0.05) is 70.1 Å². The van der Waals surface area contributed by atoms with Crippen LogP contribution >= 0.6 is 58.0 Å². The summed E-state index contributed by atoms with van der Waals surface area (Å²) in [4.78, 5) is 39.8. The zero-order valence-electron chi connectivity index (χ0n) is 21.9. The summed E-state index contributed by atoms with van der Waals surface area (Å²) in [6.45, 7) is 0.255. The summed E-state index contributed by atoms with van der Waals surface area (Å²) in [5.41, 5.74) is 1.67. The summed E-state index contributed by atoms with van der Waals surface area (Å²) in [6.07, 6.45) is 1.31. The maximum Gasteiger partial charge on any atom is 0.335 e. The molecule has 0 bridgehead atoms. The van der Waals surface area contributed by atoms with Gasteiger partial charge in [0.2, 0.25) is 0 Å². The number of nitrogens with zero attached hydrogens (tertiary/aromatic N) is 1. The number of halogens is 5. The van der Waals surface area contributed by atoms with Gasteiger partial charge < -0.3 is 9.47 Å². The van der Waals surface area contributed by atoms with E-state index in [9.17, 15) is 14.4 Å². The second kappa shape index (κ2) is 13.3. The highest BCUT2D eigenvalue weighted by Gasteiger charge is 2.37. The van der Waals surface area contributed by atoms with Crippen molar-refractivity contribution >= 4 is 87.6 Å². The Morgan fingerprint density at radius 2 is 1.23 bits per heavy atom. The highest BCUT2D eigenvalue weighted by atomic mass is 35.5. The fourth-order valence-electron chi connectivity index (χ4n) is 4.10. The molecule has 0 aromatic heterocycles. The number of benzene rings is 4. The van der Waals surface area contributed by atoms with Crippen LogP contribution in [0.25, 0.3) is 6.08 Å². The van der Waals surface area contributed by atoms with E-state index in [4.69, 9.17) is 67.5 Å². The zero-order valence-corrected chi connectivity index (χ0v) is 25.7. The van der Waals surface area contributed by atoms with Crippen LogP contribution in [-0.4, -0.2) is 17.8 Å². The van der Waals surface area contributed by atoms with E-state index in [0.717, 1.165) is 10.5 Å². The molecule has 4 amide bonds. The first-order valence-electron chi connectivity index (χ1n) is 12.5. The topological polar surface area (TPSA) is 84.9 Å². The van der Waals surface area contributed by atoms with Gasteiger partial charge in [0.25, 0.3) is 11.8 Å². The summed E-state index contributed by atoms with van der Waals surface area (Å²) >= 11 is 30.6. The van der Waals surface area contributed by atoms with E-state index in [-0.39, 0.29) is 24.5 Å². The molecular weight excluding hydrogens is 658 g/mol. The smallest absolute Gasteiger partial charge is 0.335 e. The van der Waals surface area contributed by atoms with E-state index in [2.05, 4.69) is 5.32 Å². The minimum Gasteiger partial charge on any atom is -0.489 e. The van der Waals surface area contributed by atoms with Gasteiger partial charge in [-0.25, -0.2) is 9.69 Å². The summed E-state index contributed by atoms with van der Waals surface area (Å²) < 4.78 is 11.7. The van der Waals surface area contributed by atoms with Crippen LogP contribution in [0.1, 0.15) is 16.7 Å². The number of imide groups is 2. The minimum atomic E-state index is -0.895. The number of hydrogen-bond donors (Lipinski definition) is 1. The molecule has 7 nitrogen and oxygen atoms in total. The number of carbonyl (C=O) groups is 3. The van der Waals surface area contributed by atoms with Crippen LogP contribution in [0.5, 0.6) is 11.5 Å². The molecule has 4 aromatic carbocycles. The van der Waals surface area contributed by atoms with Crippen molar-refractivity contribution in [1.29, 1.82) is 0 Å². The number of ether oxygens (including phenoxy) is 2. The van der Waals surface area contributed by atoms with Gasteiger partial charge in [-0.05, 0) is 72.8 Å². The molecule has 1 fully saturated rings. The summed E-state index contributed by atoms with van der Waals surface area (Å²) in [5.74, 6) is -0.901. The maximum atomic E-state index is 13.5. The number of hydrogen-bond acceptors (Lipinski definition) is 5. The average Bonchev–Trinajstić information content (AvgIpc) is 2.96. The van der Waals surface area contributed by atoms with Gasteiger partial charge in [-0.15, -0.1) is 0 Å². The van der Waals surface area contributed by atoms with Gasteiger partial charge in [0.1, 0.15) is 30.3 Å². The Morgan fingerprint density at radius 1 is 0.674 bits per heavy atom. The van der Waals surface area contributed by atoms with Crippen molar-refractivity contribution in [3.8, 4) is 11.5 Å². The highest BCUT2D eigenvalue weighted by molar-refractivity contribution is 6.39. The van der Waals surface area contributed by atoms with Crippen molar-refractivity contribution < 1.29 is 23.9 Å². The molecule has 1 N–H and O–H groups in total. The first-order valence-corrected chi connectivity index (χ1v) is 14.4. The van der Waals surface area contributed by atoms with E-state index >= 15 is 0 Å². The third kappa shape index (κ3) is 7.26. The minimum absolute atomic E-state index is 0.0806. The molecule has 1 aliphatic rings. The van der Waals surface area contributed by atoms with E-state index < -0.39 is 17.8 Å². The number of nitrogens with one attached hydrogen (secondary N) is 1. The monoisotopic (exact) mass is 674 g/mol. The van der Waals surface area contributed by atoms with Crippen molar-refractivity contribution in [2.45, 2.75) is 13.2 Å². The van der Waals surface area contributed by atoms with Crippen molar-refractivity contribution in [3.63, 3.8) is 0 Å². The van der Waals surface area contributed by atoms with Crippen LogP contribution in [0.4, 0.5) is 10.5 Å². The second-order valence-electron chi connectivity index (χ2n) is 9.18. The predicted octanol–water partition coefficient (Wildman–Crippen LogP) is 8.78. The standard InChI is InChI=1S/C31H19Cl5N2O5/c32-20-5-10-28(43-16-18-2-4-22(34)14-27(18)36)19(11-20)12-25-29(39)37-31(41)38(30(25)40)23-6-8-24(9-7-23)42-15-17-1-3-21(33)13-26(17)35/h1-14H,15-16H2,(H,37,39,41)/b25-12+. The summed E-state index contributed by atoms with van der Waals surface area (Å²) in [6, 6.07) is 20.1. The molecular formula is C31H19Cl5N2O5. The summed E-state index contributed by atoms with van der Waals surface area (Å²) in [5, 5.41) is 4.42. The summed E-state index contributed by atoms with van der Waals surface area (Å²) in [7, 11) is 0. The lowest BCUT2D eigenvalue weighted by Gasteiger charge is -2.26. The quantitative estimate of drug-likeness (QED) is 0.149. The average molecular weight is 677 g/mol. The van der Waals surface area contributed by atoms with E-state index in [1.807, 2.05) is 0 Å². The lowest BCUT2D eigenvalue weighted by Crippen LogP contribution is -2.54. The lowest BCUT2D eigenvalue weighted by atomic mass is 10.1. The van der Waals surface area contributed by atoms with Gasteiger partial charge >= 0.3 is 6.03 Å². The van der Waals surface area contributed by atoms with Crippen molar-refractivity contribution in [1.82, 2.24) is 5.32 Å². The Morgan fingerprint density at radius 3 is 1.84 bits per heavy atom. The number of carbonyl (C=O) groups excluding carboxylic acids is 3. The number of rotatable bonds is 8. The van der Waals surface area contributed by atoms with Gasteiger partial charge in [0, 0.05) is 41.8 Å². The fourth-order valence-corrected chi connectivity index (χ4v) is 5.20. The Labute approximate surface area is 271 Å². The van der Waals surface area contributed by atoms with E-state index in [1.54, 1.807) is 60.7 Å². The number of anilines is 1. The van der Waals surface area contributed by atoms with Crippen LogP contribution in [0.2, 0.25) is 25.1 Å².